The molecule has 23 heavy (non-hydrogen) atoms. The van der Waals surface area contributed by atoms with Crippen LogP contribution in [0.4, 0.5) is 0 Å². The van der Waals surface area contributed by atoms with Crippen molar-refractivity contribution >= 4 is 19.5 Å². The summed E-state index contributed by atoms with van der Waals surface area (Å²) >= 11 is 0. The van der Waals surface area contributed by atoms with Crippen LogP contribution >= 0.6 is 12.4 Å². The Morgan fingerprint density at radius 3 is 2.57 bits per heavy atom. The molecule has 4 fully saturated rings. The third-order valence-corrected chi connectivity index (χ3v) is 6.63. The Balaban J connectivity index is 0.00000156. The summed E-state index contributed by atoms with van der Waals surface area (Å²) in [6.07, 6.45) is 3.42. The number of hydrogen-bond acceptors (Lipinski definition) is 3. The topological polar surface area (TPSA) is 44.5 Å². The molecule has 1 aliphatic heterocycles. The first-order valence-corrected chi connectivity index (χ1v) is 8.54. The fourth-order valence-electron chi connectivity index (χ4n) is 5.06. The van der Waals surface area contributed by atoms with E-state index in [9.17, 15) is 0 Å². The molecule has 1 aromatic carbocycles. The molecule has 0 radical (unpaired) electrons. The lowest BCUT2D eigenvalue weighted by atomic mass is 9.43. The molecule has 5 rings (SSSR count). The van der Waals surface area contributed by atoms with Gasteiger partial charge in [-0.15, -0.1) is 12.4 Å². The second-order valence-electron chi connectivity index (χ2n) is 8.19. The average Bonchev–Trinajstić information content (AvgIpc) is 2.85. The normalized spacial score (nSPS) is 38.3. The SMILES string of the molecule is CC1(C)[C@@H]2C[C@H]3OB(C(N)Cc4ccccc4)O[C@@]3(C)[C@H]1C2.Cl. The van der Waals surface area contributed by atoms with E-state index in [1.807, 2.05) is 6.07 Å². The van der Waals surface area contributed by atoms with Crippen molar-refractivity contribution < 1.29 is 9.31 Å². The van der Waals surface area contributed by atoms with Crippen molar-refractivity contribution in [1.29, 1.82) is 0 Å². The molecule has 1 aromatic rings. The second kappa shape index (κ2) is 5.77. The van der Waals surface area contributed by atoms with Crippen molar-refractivity contribution in [3.8, 4) is 0 Å². The van der Waals surface area contributed by atoms with Gasteiger partial charge in [-0.1, -0.05) is 44.2 Å². The summed E-state index contributed by atoms with van der Waals surface area (Å²) in [6, 6.07) is 10.4. The van der Waals surface area contributed by atoms with E-state index in [1.54, 1.807) is 0 Å². The highest BCUT2D eigenvalue weighted by molar-refractivity contribution is 6.47. The smallest absolute Gasteiger partial charge is 0.404 e. The summed E-state index contributed by atoms with van der Waals surface area (Å²) in [5.41, 5.74) is 7.87. The highest BCUT2D eigenvalue weighted by Gasteiger charge is 2.68. The molecule has 3 saturated carbocycles. The Morgan fingerprint density at radius 2 is 1.91 bits per heavy atom. The third-order valence-electron chi connectivity index (χ3n) is 6.63. The van der Waals surface area contributed by atoms with Crippen LogP contribution in [0.1, 0.15) is 39.2 Å². The van der Waals surface area contributed by atoms with Crippen LogP contribution in [0.2, 0.25) is 0 Å². The van der Waals surface area contributed by atoms with E-state index < -0.39 is 0 Å². The van der Waals surface area contributed by atoms with E-state index in [2.05, 4.69) is 45.0 Å². The lowest BCUT2D eigenvalue weighted by molar-refractivity contribution is -0.199. The molecule has 5 atom stereocenters. The van der Waals surface area contributed by atoms with E-state index in [-0.39, 0.29) is 37.2 Å². The minimum absolute atomic E-state index is 0. The maximum absolute atomic E-state index is 6.43. The molecule has 2 bridgehead atoms. The van der Waals surface area contributed by atoms with Gasteiger partial charge < -0.3 is 15.0 Å². The Morgan fingerprint density at radius 1 is 1.22 bits per heavy atom. The van der Waals surface area contributed by atoms with Gasteiger partial charge in [0.2, 0.25) is 0 Å². The van der Waals surface area contributed by atoms with Gasteiger partial charge in [0.1, 0.15) is 0 Å². The maximum atomic E-state index is 6.43. The number of rotatable bonds is 3. The van der Waals surface area contributed by atoms with Gasteiger partial charge in [-0.3, -0.25) is 0 Å². The molecule has 2 N–H and O–H groups in total. The fourth-order valence-corrected chi connectivity index (χ4v) is 5.06. The van der Waals surface area contributed by atoms with E-state index in [4.69, 9.17) is 15.0 Å². The first-order chi connectivity index (χ1) is 10.4. The van der Waals surface area contributed by atoms with Crippen LogP contribution in [0, 0.1) is 17.3 Å². The highest BCUT2D eigenvalue weighted by atomic mass is 35.5. The molecule has 1 heterocycles. The van der Waals surface area contributed by atoms with Crippen LogP contribution in [0.15, 0.2) is 30.3 Å². The third kappa shape index (κ3) is 2.55. The summed E-state index contributed by atoms with van der Waals surface area (Å²) in [7, 11) is -0.273. The van der Waals surface area contributed by atoms with Crippen molar-refractivity contribution in [3.05, 3.63) is 35.9 Å². The molecule has 126 valence electrons. The van der Waals surface area contributed by atoms with Crippen LogP contribution in [0.5, 0.6) is 0 Å². The van der Waals surface area contributed by atoms with Gasteiger partial charge in [0.05, 0.1) is 11.7 Å². The number of halogens is 1. The van der Waals surface area contributed by atoms with E-state index in [1.165, 1.54) is 12.0 Å². The second-order valence-corrected chi connectivity index (χ2v) is 8.19. The predicted molar refractivity (Wildman–Crippen MR) is 95.5 cm³/mol. The van der Waals surface area contributed by atoms with Crippen molar-refractivity contribution in [2.45, 2.75) is 57.7 Å². The zero-order valence-electron chi connectivity index (χ0n) is 14.2. The maximum Gasteiger partial charge on any atom is 0.475 e. The Bertz CT molecular complexity index is 569. The van der Waals surface area contributed by atoms with Crippen LogP contribution in [0.3, 0.4) is 0 Å². The van der Waals surface area contributed by atoms with Crippen LogP contribution < -0.4 is 5.73 Å². The monoisotopic (exact) mass is 335 g/mol. The Labute approximate surface area is 145 Å². The molecule has 3 nitrogen and oxygen atoms in total. The van der Waals surface area contributed by atoms with Crippen LogP contribution in [0.25, 0.3) is 0 Å². The first kappa shape index (κ1) is 17.3. The van der Waals surface area contributed by atoms with Gasteiger partial charge >= 0.3 is 7.12 Å². The Kier molecular flexibility index (Phi) is 4.33. The van der Waals surface area contributed by atoms with E-state index in [0.29, 0.717) is 11.3 Å². The van der Waals surface area contributed by atoms with Crippen LogP contribution in [-0.2, 0) is 15.7 Å². The van der Waals surface area contributed by atoms with Gasteiger partial charge in [-0.2, -0.15) is 0 Å². The zero-order valence-corrected chi connectivity index (χ0v) is 15.0. The van der Waals surface area contributed by atoms with Gasteiger partial charge in [-0.25, -0.2) is 0 Å². The first-order valence-electron chi connectivity index (χ1n) is 8.54. The minimum atomic E-state index is -0.273. The summed E-state index contributed by atoms with van der Waals surface area (Å²) in [5, 5.41) is 0. The summed E-state index contributed by atoms with van der Waals surface area (Å²) in [6.45, 7) is 7.01. The molecule has 0 amide bonds. The summed E-state index contributed by atoms with van der Waals surface area (Å²) in [5.74, 6) is 1.27. The molecule has 1 unspecified atom stereocenters. The molecule has 0 spiro atoms. The quantitative estimate of drug-likeness (QED) is 0.862. The summed E-state index contributed by atoms with van der Waals surface area (Å²) in [4.78, 5) is 0. The predicted octanol–water partition coefficient (Wildman–Crippen LogP) is 3.25. The van der Waals surface area contributed by atoms with Crippen molar-refractivity contribution in [1.82, 2.24) is 0 Å². The fraction of sp³-hybridized carbons (Fsp3) is 0.667. The molecular formula is C18H27BClNO2. The number of nitrogens with two attached hydrogens (primary N) is 1. The van der Waals surface area contributed by atoms with Crippen molar-refractivity contribution in [2.75, 3.05) is 0 Å². The van der Waals surface area contributed by atoms with Crippen molar-refractivity contribution in [2.24, 2.45) is 23.0 Å². The Hall–Kier alpha value is -0.545. The lowest BCUT2D eigenvalue weighted by Gasteiger charge is -2.64. The number of benzene rings is 1. The minimum Gasteiger partial charge on any atom is -0.404 e. The molecule has 5 heteroatoms. The summed E-state index contributed by atoms with van der Waals surface area (Å²) < 4.78 is 12.7. The molecule has 1 saturated heterocycles. The van der Waals surface area contributed by atoms with E-state index >= 15 is 0 Å². The molecule has 0 aromatic heterocycles. The molecular weight excluding hydrogens is 308 g/mol. The molecule has 3 aliphatic carbocycles. The lowest BCUT2D eigenvalue weighted by Crippen LogP contribution is -2.65. The van der Waals surface area contributed by atoms with Gasteiger partial charge in [-0.05, 0) is 49.0 Å². The highest BCUT2D eigenvalue weighted by Crippen LogP contribution is 2.65. The largest absolute Gasteiger partial charge is 0.475 e. The van der Waals surface area contributed by atoms with E-state index in [0.717, 1.165) is 18.8 Å². The standard InChI is InChI=1S/C18H26BNO2.ClH/c1-17(2)13-10-14(17)18(3)15(11-13)21-19(22-18)16(20)9-12-7-5-4-6-8-12;/h4-8,13-16H,9-11,20H2,1-3H3;1H/t13-,14-,15+,16?,18-;/m0./s1. The van der Waals surface area contributed by atoms with Crippen molar-refractivity contribution in [3.63, 3.8) is 0 Å². The van der Waals surface area contributed by atoms with Gasteiger partial charge in [0.25, 0.3) is 0 Å². The average molecular weight is 336 g/mol. The van der Waals surface area contributed by atoms with Gasteiger partial charge in [0.15, 0.2) is 0 Å². The molecule has 4 aliphatic rings. The zero-order chi connectivity index (χ0) is 15.5. The van der Waals surface area contributed by atoms with Crippen LogP contribution in [-0.4, -0.2) is 24.8 Å². The van der Waals surface area contributed by atoms with Gasteiger partial charge in [0, 0.05) is 5.94 Å². The number of hydrogen-bond donors (Lipinski definition) is 1.